The third-order valence-corrected chi connectivity index (χ3v) is 3.10. The van der Waals surface area contributed by atoms with Crippen LogP contribution in [0.15, 0.2) is 52.0 Å². The van der Waals surface area contributed by atoms with Crippen molar-refractivity contribution in [2.45, 2.75) is 10.6 Å². The molecule has 1 aromatic heterocycles. The average molecular weight is 234 g/mol. The Labute approximate surface area is 97.1 Å². The van der Waals surface area contributed by atoms with Crippen molar-refractivity contribution in [3.05, 3.63) is 54.0 Å². The zero-order valence-corrected chi connectivity index (χ0v) is 9.24. The molecule has 0 fully saturated rings. The Morgan fingerprint density at radius 2 is 2.00 bits per heavy atom. The Morgan fingerprint density at radius 3 is 2.69 bits per heavy atom. The minimum Gasteiger partial charge on any atom is -0.478 e. The van der Waals surface area contributed by atoms with E-state index < -0.39 is 5.97 Å². The smallest absolute Gasteiger partial charge is 0.339 e. The summed E-state index contributed by atoms with van der Waals surface area (Å²) in [6.07, 6.45) is 1.41. The van der Waals surface area contributed by atoms with Crippen molar-refractivity contribution in [2.24, 2.45) is 0 Å². The molecule has 3 nitrogen and oxygen atoms in total. The maximum atomic E-state index is 10.8. The van der Waals surface area contributed by atoms with Gasteiger partial charge < -0.3 is 9.52 Å². The first-order valence-corrected chi connectivity index (χ1v) is 5.73. The van der Waals surface area contributed by atoms with E-state index in [-0.39, 0.29) is 5.56 Å². The molecular formula is C12H10O3S. The third kappa shape index (κ3) is 2.46. The van der Waals surface area contributed by atoms with E-state index >= 15 is 0 Å². The van der Waals surface area contributed by atoms with E-state index in [0.29, 0.717) is 11.5 Å². The van der Waals surface area contributed by atoms with E-state index in [9.17, 15) is 4.79 Å². The maximum absolute atomic E-state index is 10.8. The average Bonchev–Trinajstić information content (AvgIpc) is 2.76. The summed E-state index contributed by atoms with van der Waals surface area (Å²) in [6, 6.07) is 11.3. The monoisotopic (exact) mass is 234 g/mol. The molecule has 0 saturated carbocycles. The second-order valence-corrected chi connectivity index (χ2v) is 4.21. The SMILES string of the molecule is O=C(O)c1ccoc1CSc1ccccc1. The molecule has 1 N–H and O–H groups in total. The number of rotatable bonds is 4. The molecule has 0 aliphatic heterocycles. The van der Waals surface area contributed by atoms with Gasteiger partial charge in [0.05, 0.1) is 12.0 Å². The molecule has 0 amide bonds. The number of carboxylic acids is 1. The van der Waals surface area contributed by atoms with Crippen LogP contribution >= 0.6 is 11.8 Å². The molecule has 1 aromatic carbocycles. The molecule has 82 valence electrons. The highest BCUT2D eigenvalue weighted by molar-refractivity contribution is 7.98. The normalized spacial score (nSPS) is 10.2. The van der Waals surface area contributed by atoms with Crippen molar-refractivity contribution in [1.82, 2.24) is 0 Å². The van der Waals surface area contributed by atoms with E-state index in [0.717, 1.165) is 4.90 Å². The second kappa shape index (κ2) is 4.90. The number of carboxylic acid groups (broad SMARTS) is 1. The van der Waals surface area contributed by atoms with Crippen LogP contribution < -0.4 is 0 Å². The van der Waals surface area contributed by atoms with E-state index in [1.54, 1.807) is 11.8 Å². The molecule has 0 spiro atoms. The second-order valence-electron chi connectivity index (χ2n) is 3.16. The standard InChI is InChI=1S/C12H10O3S/c13-12(14)10-6-7-15-11(10)8-16-9-4-2-1-3-5-9/h1-7H,8H2,(H,13,14). The third-order valence-electron chi connectivity index (χ3n) is 2.09. The summed E-state index contributed by atoms with van der Waals surface area (Å²) in [5.41, 5.74) is 0.239. The zero-order valence-electron chi connectivity index (χ0n) is 8.42. The molecule has 4 heteroatoms. The van der Waals surface area contributed by atoms with E-state index in [1.807, 2.05) is 30.3 Å². The molecule has 0 aliphatic rings. The molecule has 0 bridgehead atoms. The highest BCUT2D eigenvalue weighted by Gasteiger charge is 2.12. The van der Waals surface area contributed by atoms with E-state index in [1.165, 1.54) is 12.3 Å². The van der Waals surface area contributed by atoms with Gasteiger partial charge in [0.15, 0.2) is 0 Å². The van der Waals surface area contributed by atoms with Crippen LogP contribution in [-0.2, 0) is 5.75 Å². The van der Waals surface area contributed by atoms with Gasteiger partial charge in [-0.1, -0.05) is 18.2 Å². The summed E-state index contributed by atoms with van der Waals surface area (Å²) in [5, 5.41) is 8.88. The van der Waals surface area contributed by atoms with Crippen molar-refractivity contribution >= 4 is 17.7 Å². The first-order chi connectivity index (χ1) is 7.77. The molecule has 0 saturated heterocycles. The fourth-order valence-electron chi connectivity index (χ4n) is 1.31. The van der Waals surface area contributed by atoms with E-state index in [4.69, 9.17) is 9.52 Å². The molecule has 0 aliphatic carbocycles. The van der Waals surface area contributed by atoms with Gasteiger partial charge in [-0.05, 0) is 18.2 Å². The van der Waals surface area contributed by atoms with Gasteiger partial charge in [-0.2, -0.15) is 0 Å². The van der Waals surface area contributed by atoms with Gasteiger partial charge in [-0.3, -0.25) is 0 Å². The minimum atomic E-state index is -0.947. The molecular weight excluding hydrogens is 224 g/mol. The summed E-state index contributed by atoms with van der Waals surface area (Å²) in [6.45, 7) is 0. The number of carbonyl (C=O) groups is 1. The molecule has 0 radical (unpaired) electrons. The lowest BCUT2D eigenvalue weighted by atomic mass is 10.3. The van der Waals surface area contributed by atoms with Crippen LogP contribution in [0.1, 0.15) is 16.1 Å². The Kier molecular flexibility index (Phi) is 3.31. The van der Waals surface area contributed by atoms with Crippen molar-refractivity contribution in [3.8, 4) is 0 Å². The number of furan rings is 1. The lowest BCUT2D eigenvalue weighted by molar-refractivity contribution is 0.0695. The molecule has 16 heavy (non-hydrogen) atoms. The van der Waals surface area contributed by atoms with Gasteiger partial charge in [0.1, 0.15) is 11.3 Å². The van der Waals surface area contributed by atoms with Crippen LogP contribution in [0.2, 0.25) is 0 Å². The van der Waals surface area contributed by atoms with Gasteiger partial charge >= 0.3 is 5.97 Å². The summed E-state index contributed by atoms with van der Waals surface area (Å²) >= 11 is 1.55. The topological polar surface area (TPSA) is 50.4 Å². The Morgan fingerprint density at radius 1 is 1.25 bits per heavy atom. The van der Waals surface area contributed by atoms with E-state index in [2.05, 4.69) is 0 Å². The van der Waals surface area contributed by atoms with Crippen LogP contribution in [0.5, 0.6) is 0 Å². The van der Waals surface area contributed by atoms with Crippen LogP contribution in [0.3, 0.4) is 0 Å². The number of aromatic carboxylic acids is 1. The first-order valence-electron chi connectivity index (χ1n) is 4.75. The fraction of sp³-hybridized carbons (Fsp3) is 0.0833. The lowest BCUT2D eigenvalue weighted by Gasteiger charge is -1.99. The quantitative estimate of drug-likeness (QED) is 0.825. The van der Waals surface area contributed by atoms with Gasteiger partial charge in [-0.25, -0.2) is 4.79 Å². The highest BCUT2D eigenvalue weighted by atomic mass is 32.2. The Hall–Kier alpha value is -1.68. The van der Waals surface area contributed by atoms with Gasteiger partial charge in [0.2, 0.25) is 0 Å². The molecule has 2 rings (SSSR count). The van der Waals surface area contributed by atoms with Crippen LogP contribution in [0.4, 0.5) is 0 Å². The predicted octanol–water partition coefficient (Wildman–Crippen LogP) is 3.27. The predicted molar refractivity (Wildman–Crippen MR) is 61.7 cm³/mol. The van der Waals surface area contributed by atoms with Crippen molar-refractivity contribution in [3.63, 3.8) is 0 Å². The summed E-state index contributed by atoms with van der Waals surface area (Å²) < 4.78 is 5.15. The first kappa shape index (κ1) is 10.8. The van der Waals surface area contributed by atoms with Crippen LogP contribution in [-0.4, -0.2) is 11.1 Å². The van der Waals surface area contributed by atoms with Crippen molar-refractivity contribution in [2.75, 3.05) is 0 Å². The number of hydrogen-bond donors (Lipinski definition) is 1. The Bertz CT molecular complexity index is 476. The van der Waals surface area contributed by atoms with Gasteiger partial charge in [-0.15, -0.1) is 11.8 Å². The summed E-state index contributed by atoms with van der Waals surface area (Å²) in [5.74, 6) is 0.0808. The Balaban J connectivity index is 2.05. The molecule has 0 atom stereocenters. The van der Waals surface area contributed by atoms with Crippen LogP contribution in [0.25, 0.3) is 0 Å². The van der Waals surface area contributed by atoms with Gasteiger partial charge in [0.25, 0.3) is 0 Å². The molecule has 0 unspecified atom stereocenters. The summed E-state index contributed by atoms with van der Waals surface area (Å²) in [4.78, 5) is 11.9. The lowest BCUT2D eigenvalue weighted by Crippen LogP contribution is -1.97. The number of benzene rings is 1. The van der Waals surface area contributed by atoms with Crippen LogP contribution in [0, 0.1) is 0 Å². The van der Waals surface area contributed by atoms with Gasteiger partial charge in [0, 0.05) is 4.90 Å². The molecule has 1 heterocycles. The minimum absolute atomic E-state index is 0.239. The molecule has 2 aromatic rings. The zero-order chi connectivity index (χ0) is 11.4. The largest absolute Gasteiger partial charge is 0.478 e. The number of hydrogen-bond acceptors (Lipinski definition) is 3. The maximum Gasteiger partial charge on any atom is 0.339 e. The van der Waals surface area contributed by atoms with Crippen molar-refractivity contribution < 1.29 is 14.3 Å². The highest BCUT2D eigenvalue weighted by Crippen LogP contribution is 2.24. The summed E-state index contributed by atoms with van der Waals surface area (Å²) in [7, 11) is 0. The fourth-order valence-corrected chi connectivity index (χ4v) is 2.18. The number of thioether (sulfide) groups is 1. The van der Waals surface area contributed by atoms with Crippen molar-refractivity contribution in [1.29, 1.82) is 0 Å².